The van der Waals surface area contributed by atoms with Gasteiger partial charge in [-0.1, -0.05) is 25.6 Å². The highest BCUT2D eigenvalue weighted by Gasteiger charge is 2.36. The maximum Gasteiger partial charge on any atom is 0.175 e. The molecule has 5 atom stereocenters. The van der Waals surface area contributed by atoms with Crippen LogP contribution in [0.25, 0.3) is 16.5 Å². The number of halogens is 3. The molecule has 8 heterocycles. The normalized spacial score (nSPS) is 28.1. The van der Waals surface area contributed by atoms with Crippen molar-refractivity contribution in [3.63, 3.8) is 0 Å². The first-order valence-electron chi connectivity index (χ1n) is 16.8. The number of benzene rings is 1. The van der Waals surface area contributed by atoms with Crippen molar-refractivity contribution in [2.45, 2.75) is 82.3 Å². The van der Waals surface area contributed by atoms with Gasteiger partial charge in [0.15, 0.2) is 5.82 Å². The summed E-state index contributed by atoms with van der Waals surface area (Å²) < 4.78 is 44.2. The van der Waals surface area contributed by atoms with E-state index in [2.05, 4.69) is 37.0 Å². The topological polar surface area (TPSA) is 82.4 Å². The summed E-state index contributed by atoms with van der Waals surface area (Å²) in [4.78, 5) is 20.5. The summed E-state index contributed by atoms with van der Waals surface area (Å²) >= 11 is 0. The smallest absolute Gasteiger partial charge is 0.175 e. The van der Waals surface area contributed by atoms with Gasteiger partial charge < -0.3 is 20.4 Å². The van der Waals surface area contributed by atoms with Crippen LogP contribution < -0.4 is 15.5 Å². The van der Waals surface area contributed by atoms with Gasteiger partial charge in [-0.15, -0.1) is 0 Å². The summed E-state index contributed by atoms with van der Waals surface area (Å²) in [6.45, 7) is 11.0. The van der Waals surface area contributed by atoms with Crippen LogP contribution >= 0.6 is 0 Å². The molecule has 3 aromatic rings. The maximum absolute atomic E-state index is 16.4. The standard InChI is InChI=1S/C28H29F2N7.C7H12FN/c1-3-23-34-27-19(28(35-23)37-12-17-7-8-18(13-37)33-17)9-32-26(25(27)30)20-14-36(15(2)22-10-31-22)11-16-5-4-6-21(29)24(16)20;8-6-4-7-2-1-3-9(7)5-6/h4-6,9,14,17-18,22,31,33H,2-3,7-8,10-13H2,1H3;6-7H,1-5H2. The highest BCUT2D eigenvalue weighted by molar-refractivity contribution is 5.93. The van der Waals surface area contributed by atoms with Gasteiger partial charge in [0.1, 0.15) is 34.8 Å². The Labute approximate surface area is 267 Å². The van der Waals surface area contributed by atoms with E-state index in [1.807, 2.05) is 17.9 Å². The van der Waals surface area contributed by atoms with Crippen LogP contribution in [0.5, 0.6) is 0 Å². The van der Waals surface area contributed by atoms with Crippen molar-refractivity contribution >= 4 is 22.3 Å². The van der Waals surface area contributed by atoms with E-state index in [4.69, 9.17) is 4.98 Å². The first kappa shape index (κ1) is 29.8. The van der Waals surface area contributed by atoms with Gasteiger partial charge in [0.25, 0.3) is 0 Å². The van der Waals surface area contributed by atoms with Gasteiger partial charge in [0, 0.05) is 86.5 Å². The van der Waals surface area contributed by atoms with E-state index >= 15 is 8.78 Å². The van der Waals surface area contributed by atoms with Crippen molar-refractivity contribution < 1.29 is 13.2 Å². The summed E-state index contributed by atoms with van der Waals surface area (Å²) in [7, 11) is 0. The molecule has 0 saturated carbocycles. The number of rotatable bonds is 5. The molecule has 1 aromatic carbocycles. The zero-order valence-electron chi connectivity index (χ0n) is 26.3. The lowest BCUT2D eigenvalue weighted by Crippen LogP contribution is -2.51. The minimum absolute atomic E-state index is 0.0900. The second-order valence-corrected chi connectivity index (χ2v) is 13.6. The maximum atomic E-state index is 16.4. The van der Waals surface area contributed by atoms with Gasteiger partial charge in [-0.3, -0.25) is 9.88 Å². The Hall–Kier alpha value is -3.54. The molecule has 6 aliphatic rings. The van der Waals surface area contributed by atoms with Gasteiger partial charge in [0.05, 0.1) is 11.4 Å². The SMILES string of the molecule is C=C(C1CN1)N1C=C(c2ncc3c(N4CC5CCC(C4)N5)nc(CC)nc3c2F)c2c(F)cccc2C1.FC1CC2CCCN2C1. The lowest BCUT2D eigenvalue weighted by molar-refractivity contribution is 0.292. The predicted octanol–water partition coefficient (Wildman–Crippen LogP) is 4.69. The number of aromatic nitrogens is 3. The van der Waals surface area contributed by atoms with Crippen molar-refractivity contribution in [3.05, 3.63) is 77.2 Å². The number of alkyl halides is 1. The Morgan fingerprint density at radius 2 is 1.89 bits per heavy atom. The molecule has 8 nitrogen and oxygen atoms in total. The van der Waals surface area contributed by atoms with Crippen LogP contribution in [0.3, 0.4) is 0 Å². The van der Waals surface area contributed by atoms with Crippen LogP contribution in [0.4, 0.5) is 19.0 Å². The molecule has 5 fully saturated rings. The molecule has 242 valence electrons. The summed E-state index contributed by atoms with van der Waals surface area (Å²) in [5.41, 5.74) is 2.75. The minimum Gasteiger partial charge on any atom is -0.353 e. The zero-order valence-corrected chi connectivity index (χ0v) is 26.3. The number of nitrogens with zero attached hydrogens (tertiary/aromatic N) is 6. The second-order valence-electron chi connectivity index (χ2n) is 13.6. The van der Waals surface area contributed by atoms with E-state index in [1.54, 1.807) is 18.5 Å². The number of nitrogens with one attached hydrogen (secondary N) is 2. The third-order valence-electron chi connectivity index (χ3n) is 10.4. The molecule has 0 amide bonds. The van der Waals surface area contributed by atoms with Gasteiger partial charge in [-0.25, -0.2) is 23.1 Å². The van der Waals surface area contributed by atoms with E-state index in [0.717, 1.165) is 62.5 Å². The molecule has 11 heteroatoms. The number of piperazine rings is 1. The zero-order chi connectivity index (χ0) is 31.5. The van der Waals surface area contributed by atoms with E-state index in [0.29, 0.717) is 60.0 Å². The first-order chi connectivity index (χ1) is 22.4. The third-order valence-corrected chi connectivity index (χ3v) is 10.4. The van der Waals surface area contributed by atoms with Crippen molar-refractivity contribution in [3.8, 4) is 0 Å². The van der Waals surface area contributed by atoms with Gasteiger partial charge in [0.2, 0.25) is 0 Å². The second kappa shape index (κ2) is 11.9. The molecule has 2 N–H and O–H groups in total. The predicted molar refractivity (Wildman–Crippen MR) is 173 cm³/mol. The van der Waals surface area contributed by atoms with Gasteiger partial charge >= 0.3 is 0 Å². The number of anilines is 1. The summed E-state index contributed by atoms with van der Waals surface area (Å²) in [6.07, 6.45) is 9.11. The minimum atomic E-state index is -0.550. The molecule has 5 unspecified atom stereocenters. The molecule has 0 radical (unpaired) electrons. The summed E-state index contributed by atoms with van der Waals surface area (Å²) in [6, 6.07) is 6.59. The third kappa shape index (κ3) is 5.46. The van der Waals surface area contributed by atoms with E-state index < -0.39 is 17.8 Å². The van der Waals surface area contributed by atoms with Crippen molar-refractivity contribution in [1.29, 1.82) is 0 Å². The Morgan fingerprint density at radius 1 is 1.09 bits per heavy atom. The van der Waals surface area contributed by atoms with Gasteiger partial charge in [-0.2, -0.15) is 0 Å². The quantitative estimate of drug-likeness (QED) is 0.394. The Morgan fingerprint density at radius 3 is 2.63 bits per heavy atom. The van der Waals surface area contributed by atoms with Crippen molar-refractivity contribution in [2.75, 3.05) is 37.6 Å². The molecule has 6 aliphatic heterocycles. The number of hydrogen-bond acceptors (Lipinski definition) is 8. The summed E-state index contributed by atoms with van der Waals surface area (Å²) in [5.74, 6) is 0.376. The Balaban J connectivity index is 0.000000297. The molecule has 0 aliphatic carbocycles. The molecule has 2 bridgehead atoms. The molecule has 2 aromatic heterocycles. The fourth-order valence-electron chi connectivity index (χ4n) is 7.98. The van der Waals surface area contributed by atoms with Crippen molar-refractivity contribution in [2.24, 2.45) is 0 Å². The van der Waals surface area contributed by atoms with E-state index in [1.165, 1.54) is 18.9 Å². The molecular weight excluding hydrogens is 589 g/mol. The Bertz CT molecular complexity index is 1680. The fourth-order valence-corrected chi connectivity index (χ4v) is 7.98. The molecule has 5 saturated heterocycles. The Kier molecular flexibility index (Phi) is 7.73. The molecule has 46 heavy (non-hydrogen) atoms. The molecular formula is C35H41F3N8. The number of aryl methyl sites for hydroxylation is 1. The summed E-state index contributed by atoms with van der Waals surface area (Å²) in [5, 5.41) is 7.48. The number of hydrogen-bond donors (Lipinski definition) is 2. The highest BCUT2D eigenvalue weighted by atomic mass is 19.1. The lowest BCUT2D eigenvalue weighted by Gasteiger charge is -2.34. The van der Waals surface area contributed by atoms with Crippen LogP contribution in [0.1, 0.15) is 61.7 Å². The number of fused-ring (bicyclic) bond motifs is 5. The van der Waals surface area contributed by atoms with E-state index in [-0.39, 0.29) is 17.3 Å². The highest BCUT2D eigenvalue weighted by Crippen LogP contribution is 2.38. The van der Waals surface area contributed by atoms with Crippen LogP contribution in [0.2, 0.25) is 0 Å². The van der Waals surface area contributed by atoms with Gasteiger partial charge in [-0.05, 0) is 50.3 Å². The monoisotopic (exact) mass is 630 g/mol. The lowest BCUT2D eigenvalue weighted by atomic mass is 9.92. The van der Waals surface area contributed by atoms with E-state index in [9.17, 15) is 4.39 Å². The van der Waals surface area contributed by atoms with Crippen LogP contribution in [0, 0.1) is 11.6 Å². The molecule has 0 spiro atoms. The largest absolute Gasteiger partial charge is 0.353 e. The first-order valence-corrected chi connectivity index (χ1v) is 16.8. The average Bonchev–Trinajstić information content (AvgIpc) is 3.61. The molecule has 9 rings (SSSR count). The van der Waals surface area contributed by atoms with Crippen LogP contribution in [-0.4, -0.2) is 87.8 Å². The number of pyridine rings is 1. The van der Waals surface area contributed by atoms with Crippen molar-refractivity contribution in [1.82, 2.24) is 35.4 Å². The van der Waals surface area contributed by atoms with Crippen LogP contribution in [0.15, 0.2) is 42.9 Å². The average molecular weight is 631 g/mol. The fraction of sp³-hybridized carbons (Fsp3) is 0.514. The van der Waals surface area contributed by atoms with Crippen LogP contribution in [-0.2, 0) is 13.0 Å².